The molecule has 0 aliphatic carbocycles. The fraction of sp³-hybridized carbons (Fsp3) is 0.150. The molecule has 0 unspecified atom stereocenters. The van der Waals surface area contributed by atoms with E-state index in [1.807, 2.05) is 54.1 Å². The Kier molecular flexibility index (Phi) is 4.66. The molecule has 1 aromatic carbocycles. The molecular weight excluding hydrogens is 300 g/mol. The Morgan fingerprint density at radius 2 is 1.79 bits per heavy atom. The molecule has 3 aromatic rings. The molecule has 0 radical (unpaired) electrons. The SMILES string of the molecule is COc1ccc(C(=O)[C@@H](C)[n+]2ccccc2-c2ccccn2)cc1. The molecule has 0 saturated heterocycles. The first-order valence-electron chi connectivity index (χ1n) is 7.80. The summed E-state index contributed by atoms with van der Waals surface area (Å²) in [7, 11) is 1.61. The molecule has 2 aromatic heterocycles. The van der Waals surface area contributed by atoms with Gasteiger partial charge in [0.15, 0.2) is 6.20 Å². The number of Topliss-reactive ketones (excluding diaryl/α,β-unsaturated/α-hetero) is 1. The number of rotatable bonds is 5. The van der Waals surface area contributed by atoms with Crippen LogP contribution in [0.2, 0.25) is 0 Å². The Balaban J connectivity index is 1.95. The van der Waals surface area contributed by atoms with Gasteiger partial charge in [-0.3, -0.25) is 4.79 Å². The van der Waals surface area contributed by atoms with Crippen LogP contribution in [0.5, 0.6) is 5.75 Å². The second kappa shape index (κ2) is 7.04. The minimum atomic E-state index is -0.336. The van der Waals surface area contributed by atoms with Crippen molar-refractivity contribution in [2.75, 3.05) is 7.11 Å². The highest BCUT2D eigenvalue weighted by Crippen LogP contribution is 2.18. The van der Waals surface area contributed by atoms with Gasteiger partial charge < -0.3 is 4.74 Å². The lowest BCUT2D eigenvalue weighted by Crippen LogP contribution is -2.44. The van der Waals surface area contributed by atoms with E-state index in [9.17, 15) is 4.79 Å². The van der Waals surface area contributed by atoms with Crippen molar-refractivity contribution in [2.24, 2.45) is 0 Å². The van der Waals surface area contributed by atoms with Crippen molar-refractivity contribution >= 4 is 5.78 Å². The maximum Gasteiger partial charge on any atom is 0.231 e. The number of benzene rings is 1. The third-order valence-corrected chi connectivity index (χ3v) is 3.99. The monoisotopic (exact) mass is 319 g/mol. The van der Waals surface area contributed by atoms with Gasteiger partial charge in [0.05, 0.1) is 7.11 Å². The lowest BCUT2D eigenvalue weighted by Gasteiger charge is -2.10. The Bertz CT molecular complexity index is 830. The average Bonchev–Trinajstić information content (AvgIpc) is 2.67. The van der Waals surface area contributed by atoms with E-state index >= 15 is 0 Å². The maximum atomic E-state index is 12.8. The minimum absolute atomic E-state index is 0.0473. The van der Waals surface area contributed by atoms with Gasteiger partial charge in [-0.25, -0.2) is 4.98 Å². The normalized spacial score (nSPS) is 11.8. The van der Waals surface area contributed by atoms with Crippen molar-refractivity contribution in [3.05, 3.63) is 78.6 Å². The van der Waals surface area contributed by atoms with E-state index in [1.165, 1.54) is 0 Å². The number of hydrogen-bond donors (Lipinski definition) is 0. The summed E-state index contributed by atoms with van der Waals surface area (Å²) in [6.45, 7) is 1.90. The topological polar surface area (TPSA) is 43.1 Å². The van der Waals surface area contributed by atoms with Gasteiger partial charge in [0, 0.05) is 30.8 Å². The number of ether oxygens (including phenoxy) is 1. The molecule has 1 atom stereocenters. The molecule has 4 nitrogen and oxygen atoms in total. The fourth-order valence-electron chi connectivity index (χ4n) is 2.65. The Morgan fingerprint density at radius 1 is 1.04 bits per heavy atom. The molecule has 4 heteroatoms. The van der Waals surface area contributed by atoms with Gasteiger partial charge in [-0.05, 0) is 42.5 Å². The van der Waals surface area contributed by atoms with Gasteiger partial charge in [0.1, 0.15) is 11.4 Å². The van der Waals surface area contributed by atoms with Gasteiger partial charge in [0.2, 0.25) is 17.5 Å². The van der Waals surface area contributed by atoms with Gasteiger partial charge in [0.25, 0.3) is 0 Å². The molecule has 0 aliphatic rings. The molecule has 0 fully saturated rings. The molecule has 0 bridgehead atoms. The number of nitrogens with zero attached hydrogens (tertiary/aromatic N) is 2. The van der Waals surface area contributed by atoms with E-state index in [2.05, 4.69) is 4.98 Å². The van der Waals surface area contributed by atoms with E-state index in [0.29, 0.717) is 5.56 Å². The van der Waals surface area contributed by atoms with Gasteiger partial charge in [-0.2, -0.15) is 4.57 Å². The van der Waals surface area contributed by atoms with Crippen LogP contribution >= 0.6 is 0 Å². The standard InChI is InChI=1S/C20H19N2O2/c1-15(20(23)16-9-11-17(24-2)12-10-16)22-14-6-4-8-19(22)18-7-3-5-13-21-18/h3-15H,1-2H3/q+1/t15-/m1/s1. The summed E-state index contributed by atoms with van der Waals surface area (Å²) in [5.41, 5.74) is 2.41. The zero-order valence-corrected chi connectivity index (χ0v) is 13.7. The van der Waals surface area contributed by atoms with Gasteiger partial charge >= 0.3 is 0 Å². The lowest BCUT2D eigenvalue weighted by atomic mass is 10.0. The van der Waals surface area contributed by atoms with Crippen LogP contribution in [-0.4, -0.2) is 17.9 Å². The van der Waals surface area contributed by atoms with E-state index in [1.54, 1.807) is 37.6 Å². The maximum absolute atomic E-state index is 12.8. The summed E-state index contributed by atoms with van der Waals surface area (Å²) in [5, 5.41) is 0. The molecule has 0 amide bonds. The molecule has 24 heavy (non-hydrogen) atoms. The third-order valence-electron chi connectivity index (χ3n) is 3.99. The minimum Gasteiger partial charge on any atom is -0.497 e. The summed E-state index contributed by atoms with van der Waals surface area (Å²) in [6.07, 6.45) is 3.67. The average molecular weight is 319 g/mol. The third kappa shape index (κ3) is 3.18. The summed E-state index contributed by atoms with van der Waals surface area (Å²) in [4.78, 5) is 17.2. The van der Waals surface area contributed by atoms with Crippen LogP contribution in [0.3, 0.4) is 0 Å². The van der Waals surface area contributed by atoms with Crippen LogP contribution < -0.4 is 9.30 Å². The molecule has 3 rings (SSSR count). The fourth-order valence-corrected chi connectivity index (χ4v) is 2.65. The first-order chi connectivity index (χ1) is 11.7. The predicted octanol–water partition coefficient (Wildman–Crippen LogP) is 3.49. The van der Waals surface area contributed by atoms with Crippen LogP contribution in [0.1, 0.15) is 23.3 Å². The number of methoxy groups -OCH3 is 1. The number of hydrogen-bond acceptors (Lipinski definition) is 3. The number of ketones is 1. The summed E-state index contributed by atoms with van der Waals surface area (Å²) < 4.78 is 7.10. The highest BCUT2D eigenvalue weighted by molar-refractivity contribution is 5.97. The largest absolute Gasteiger partial charge is 0.497 e. The molecule has 0 spiro atoms. The van der Waals surface area contributed by atoms with E-state index in [0.717, 1.165) is 17.1 Å². The van der Waals surface area contributed by atoms with Crippen molar-refractivity contribution in [2.45, 2.75) is 13.0 Å². The quantitative estimate of drug-likeness (QED) is 0.534. The smallest absolute Gasteiger partial charge is 0.231 e. The molecule has 120 valence electrons. The van der Waals surface area contributed by atoms with Crippen molar-refractivity contribution in [1.29, 1.82) is 0 Å². The Labute approximate surface area is 141 Å². The van der Waals surface area contributed by atoms with E-state index in [-0.39, 0.29) is 11.8 Å². The van der Waals surface area contributed by atoms with Crippen molar-refractivity contribution in [3.8, 4) is 17.1 Å². The molecule has 2 heterocycles. The van der Waals surface area contributed by atoms with Crippen LogP contribution in [0.4, 0.5) is 0 Å². The van der Waals surface area contributed by atoms with Crippen molar-refractivity contribution in [1.82, 2.24) is 4.98 Å². The molecular formula is C20H19N2O2+. The first kappa shape index (κ1) is 15.9. The number of carbonyl (C=O) groups is 1. The second-order valence-corrected chi connectivity index (χ2v) is 5.48. The zero-order valence-electron chi connectivity index (χ0n) is 13.7. The number of aromatic nitrogens is 2. The summed E-state index contributed by atoms with van der Waals surface area (Å²) in [6, 6.07) is 18.5. The van der Waals surface area contributed by atoms with Crippen LogP contribution in [0.25, 0.3) is 11.4 Å². The first-order valence-corrected chi connectivity index (χ1v) is 7.80. The molecule has 0 aliphatic heterocycles. The van der Waals surface area contributed by atoms with Gasteiger partial charge in [-0.15, -0.1) is 0 Å². The Morgan fingerprint density at radius 3 is 2.46 bits per heavy atom. The lowest BCUT2D eigenvalue weighted by molar-refractivity contribution is -0.694. The van der Waals surface area contributed by atoms with Gasteiger partial charge in [-0.1, -0.05) is 6.07 Å². The zero-order chi connectivity index (χ0) is 16.9. The Hall–Kier alpha value is -3.01. The number of pyridine rings is 2. The van der Waals surface area contributed by atoms with Crippen molar-refractivity contribution in [3.63, 3.8) is 0 Å². The van der Waals surface area contributed by atoms with E-state index in [4.69, 9.17) is 4.74 Å². The van der Waals surface area contributed by atoms with Crippen LogP contribution in [0, 0.1) is 0 Å². The molecule has 0 saturated carbocycles. The van der Waals surface area contributed by atoms with Crippen LogP contribution in [-0.2, 0) is 0 Å². The summed E-state index contributed by atoms with van der Waals surface area (Å²) >= 11 is 0. The summed E-state index contributed by atoms with van der Waals surface area (Å²) in [5.74, 6) is 0.784. The van der Waals surface area contributed by atoms with Crippen molar-refractivity contribution < 1.29 is 14.1 Å². The predicted molar refractivity (Wildman–Crippen MR) is 91.9 cm³/mol. The highest BCUT2D eigenvalue weighted by atomic mass is 16.5. The van der Waals surface area contributed by atoms with E-state index < -0.39 is 0 Å². The number of carbonyl (C=O) groups excluding carboxylic acids is 1. The highest BCUT2D eigenvalue weighted by Gasteiger charge is 2.27. The van der Waals surface area contributed by atoms with Crippen LogP contribution in [0.15, 0.2) is 73.1 Å². The molecule has 0 N–H and O–H groups in total. The second-order valence-electron chi connectivity index (χ2n) is 5.48.